The third kappa shape index (κ3) is 54.0. The van der Waals surface area contributed by atoms with Crippen molar-refractivity contribution in [3.05, 3.63) is 0 Å². The molecule has 17 nitrogen and oxygen atoms in total. The van der Waals surface area contributed by atoms with Crippen LogP contribution in [0.3, 0.4) is 0 Å². The molecule has 0 bridgehead atoms. The Labute approximate surface area is 486 Å². The summed E-state index contributed by atoms with van der Waals surface area (Å²) < 4.78 is 67.8. The number of esters is 4. The number of aliphatic hydroxyl groups excluding tert-OH is 1. The fraction of sp³-hybridized carbons (Fsp3) is 0.934. The van der Waals surface area contributed by atoms with Gasteiger partial charge in [-0.15, -0.1) is 0 Å². The molecule has 0 rings (SSSR count). The molecule has 0 aliphatic heterocycles. The Kier molecular flexibility index (Phi) is 50.2. The van der Waals surface area contributed by atoms with Crippen molar-refractivity contribution in [2.75, 3.05) is 39.6 Å². The van der Waals surface area contributed by atoms with Gasteiger partial charge in [0.1, 0.15) is 19.3 Å². The zero-order chi connectivity index (χ0) is 59.7. The summed E-state index contributed by atoms with van der Waals surface area (Å²) in [7, 11) is -9.88. The molecule has 0 aromatic carbocycles. The molecule has 4 unspecified atom stereocenters. The molecule has 474 valence electrons. The minimum Gasteiger partial charge on any atom is -0.462 e. The standard InChI is InChI=1S/C61H118O17P2/c1-9-54(8)40-32-24-18-20-28-36-44-61(66)78-57(48-72-59(64)42-34-26-19-17-23-31-39-53(6)7)50-76-80(69,70)74-46-55(62)45-73-79(67,68)75-49-56(77-60(65)43-35-27-16-12-14-22-30-38-52(4)5)47-71-58(63)41-33-25-15-11-10-13-21-29-37-51(2)3/h51-57,62H,9-50H2,1-8H3,(H,67,68)(H,69,70)/t54?,55?,56-,57-/m1/s1. The first-order valence-electron chi connectivity index (χ1n) is 31.7. The van der Waals surface area contributed by atoms with Crippen molar-refractivity contribution < 1.29 is 80.2 Å². The maximum Gasteiger partial charge on any atom is 0.472 e. The molecular formula is C61H118O17P2. The molecule has 3 N–H and O–H groups in total. The number of phosphoric acid groups is 2. The van der Waals surface area contributed by atoms with Crippen LogP contribution in [0, 0.1) is 23.7 Å². The number of carbonyl (C=O) groups excluding carboxylic acids is 4. The molecule has 0 radical (unpaired) electrons. The van der Waals surface area contributed by atoms with E-state index in [0.717, 1.165) is 108 Å². The number of aliphatic hydroxyl groups is 1. The van der Waals surface area contributed by atoms with Crippen LogP contribution < -0.4 is 0 Å². The van der Waals surface area contributed by atoms with Crippen LogP contribution >= 0.6 is 15.6 Å². The monoisotopic (exact) mass is 1180 g/mol. The second-order valence-electron chi connectivity index (χ2n) is 23.8. The first kappa shape index (κ1) is 78.1. The summed E-state index contributed by atoms with van der Waals surface area (Å²) in [6.07, 6.45) is 29.7. The van der Waals surface area contributed by atoms with Crippen LogP contribution in [0.2, 0.25) is 0 Å². The molecule has 0 aliphatic carbocycles. The van der Waals surface area contributed by atoms with Gasteiger partial charge in [0.05, 0.1) is 26.4 Å². The quantitative estimate of drug-likeness (QED) is 0.0222. The number of unbranched alkanes of at least 4 members (excludes halogenated alkanes) is 23. The maximum absolute atomic E-state index is 12.9. The summed E-state index contributed by atoms with van der Waals surface area (Å²) in [5.41, 5.74) is 0. The molecular weight excluding hydrogens is 1070 g/mol. The van der Waals surface area contributed by atoms with Crippen molar-refractivity contribution in [3.63, 3.8) is 0 Å². The van der Waals surface area contributed by atoms with E-state index in [4.69, 9.17) is 37.0 Å². The molecule has 0 aromatic rings. The van der Waals surface area contributed by atoms with Gasteiger partial charge in [-0.25, -0.2) is 9.13 Å². The highest BCUT2D eigenvalue weighted by atomic mass is 31.2. The lowest BCUT2D eigenvalue weighted by Gasteiger charge is -2.21. The van der Waals surface area contributed by atoms with Crippen molar-refractivity contribution in [3.8, 4) is 0 Å². The summed E-state index contributed by atoms with van der Waals surface area (Å²) in [5, 5.41) is 10.5. The highest BCUT2D eigenvalue weighted by Crippen LogP contribution is 2.45. The van der Waals surface area contributed by atoms with E-state index in [1.54, 1.807) is 0 Å². The molecule has 6 atom stereocenters. The fourth-order valence-corrected chi connectivity index (χ4v) is 10.4. The Morgan fingerprint density at radius 3 is 0.887 bits per heavy atom. The van der Waals surface area contributed by atoms with E-state index in [1.807, 2.05) is 0 Å². The molecule has 19 heteroatoms. The van der Waals surface area contributed by atoms with Crippen LogP contribution in [-0.2, 0) is 65.4 Å². The van der Waals surface area contributed by atoms with E-state index in [2.05, 4.69) is 55.4 Å². The number of rotatable bonds is 58. The third-order valence-corrected chi connectivity index (χ3v) is 16.1. The van der Waals surface area contributed by atoms with Crippen molar-refractivity contribution in [2.45, 2.75) is 305 Å². The van der Waals surface area contributed by atoms with Crippen LogP contribution in [0.25, 0.3) is 0 Å². The Hall–Kier alpha value is -1.94. The van der Waals surface area contributed by atoms with Gasteiger partial charge in [0.15, 0.2) is 12.2 Å². The average molecular weight is 1190 g/mol. The molecule has 0 saturated carbocycles. The van der Waals surface area contributed by atoms with E-state index >= 15 is 0 Å². The summed E-state index contributed by atoms with van der Waals surface area (Å²) in [6.45, 7) is 13.8. The number of carbonyl (C=O) groups is 4. The Balaban J connectivity index is 5.25. The van der Waals surface area contributed by atoms with Gasteiger partial charge < -0.3 is 33.8 Å². The van der Waals surface area contributed by atoms with Crippen molar-refractivity contribution in [1.82, 2.24) is 0 Å². The summed E-state index contributed by atoms with van der Waals surface area (Å²) in [6, 6.07) is 0. The minimum atomic E-state index is -4.94. The van der Waals surface area contributed by atoms with Gasteiger partial charge >= 0.3 is 39.5 Å². The van der Waals surface area contributed by atoms with Gasteiger partial charge in [0.25, 0.3) is 0 Å². The predicted molar refractivity (Wildman–Crippen MR) is 317 cm³/mol. The summed E-state index contributed by atoms with van der Waals surface area (Å²) in [5.74, 6) is 0.673. The van der Waals surface area contributed by atoms with E-state index in [9.17, 15) is 43.2 Å². The smallest absolute Gasteiger partial charge is 0.462 e. The lowest BCUT2D eigenvalue weighted by molar-refractivity contribution is -0.161. The SMILES string of the molecule is CCC(C)CCCCCCCCC(=O)O[C@H](COC(=O)CCCCCCCCC(C)C)COP(=O)(O)OCC(O)COP(=O)(O)OC[C@@H](COC(=O)CCCCCCCCCCC(C)C)OC(=O)CCCCCCCCCC(C)C. The topological polar surface area (TPSA) is 237 Å². The van der Waals surface area contributed by atoms with Gasteiger partial charge in [-0.2, -0.15) is 0 Å². The fourth-order valence-electron chi connectivity index (χ4n) is 8.87. The normalized spacial score (nSPS) is 14.9. The molecule has 0 fully saturated rings. The Bertz CT molecular complexity index is 1610. The second-order valence-corrected chi connectivity index (χ2v) is 26.7. The van der Waals surface area contributed by atoms with Crippen LogP contribution in [0.5, 0.6) is 0 Å². The van der Waals surface area contributed by atoms with Crippen LogP contribution in [0.1, 0.15) is 287 Å². The van der Waals surface area contributed by atoms with Crippen molar-refractivity contribution in [2.24, 2.45) is 23.7 Å². The lowest BCUT2D eigenvalue weighted by Crippen LogP contribution is -2.30. The zero-order valence-electron chi connectivity index (χ0n) is 51.7. The number of ether oxygens (including phenoxy) is 4. The maximum atomic E-state index is 12.9. The van der Waals surface area contributed by atoms with Crippen molar-refractivity contribution >= 4 is 39.5 Å². The first-order chi connectivity index (χ1) is 38.1. The van der Waals surface area contributed by atoms with Crippen LogP contribution in [0.4, 0.5) is 0 Å². The van der Waals surface area contributed by atoms with E-state index in [1.165, 1.54) is 83.5 Å². The van der Waals surface area contributed by atoms with Gasteiger partial charge in [-0.3, -0.25) is 37.3 Å². The number of phosphoric ester groups is 2. The number of hydrogen-bond acceptors (Lipinski definition) is 15. The molecule has 80 heavy (non-hydrogen) atoms. The predicted octanol–water partition coefficient (Wildman–Crippen LogP) is 16.2. The van der Waals surface area contributed by atoms with Crippen LogP contribution in [0.15, 0.2) is 0 Å². The number of hydrogen-bond donors (Lipinski definition) is 3. The van der Waals surface area contributed by atoms with Gasteiger partial charge in [-0.05, 0) is 49.4 Å². The Morgan fingerprint density at radius 2 is 0.600 bits per heavy atom. The van der Waals surface area contributed by atoms with Crippen LogP contribution in [-0.4, -0.2) is 96.7 Å². The summed E-state index contributed by atoms with van der Waals surface area (Å²) >= 11 is 0. The highest BCUT2D eigenvalue weighted by molar-refractivity contribution is 7.47. The van der Waals surface area contributed by atoms with E-state index in [-0.39, 0.29) is 25.7 Å². The molecule has 0 amide bonds. The van der Waals surface area contributed by atoms with E-state index < -0.39 is 97.5 Å². The zero-order valence-corrected chi connectivity index (χ0v) is 53.5. The molecule has 0 heterocycles. The largest absolute Gasteiger partial charge is 0.472 e. The molecule has 0 aromatic heterocycles. The lowest BCUT2D eigenvalue weighted by atomic mass is 10.00. The summed E-state index contributed by atoms with van der Waals surface area (Å²) in [4.78, 5) is 72.0. The van der Waals surface area contributed by atoms with Gasteiger partial charge in [-0.1, -0.05) is 235 Å². The molecule has 0 saturated heterocycles. The first-order valence-corrected chi connectivity index (χ1v) is 34.7. The highest BCUT2D eigenvalue weighted by Gasteiger charge is 2.30. The molecule has 0 aliphatic rings. The second kappa shape index (κ2) is 51.5. The van der Waals surface area contributed by atoms with Crippen molar-refractivity contribution in [1.29, 1.82) is 0 Å². The average Bonchev–Trinajstić information content (AvgIpc) is 3.40. The third-order valence-electron chi connectivity index (χ3n) is 14.2. The Morgan fingerprint density at radius 1 is 0.350 bits per heavy atom. The molecule has 0 spiro atoms. The van der Waals surface area contributed by atoms with Gasteiger partial charge in [0, 0.05) is 25.7 Å². The van der Waals surface area contributed by atoms with E-state index in [0.29, 0.717) is 37.5 Å². The minimum absolute atomic E-state index is 0.101. The van der Waals surface area contributed by atoms with Gasteiger partial charge in [0.2, 0.25) is 0 Å².